The second kappa shape index (κ2) is 10.9. The van der Waals surface area contributed by atoms with Crippen LogP contribution in [-0.4, -0.2) is 77.3 Å². The van der Waals surface area contributed by atoms with Crippen molar-refractivity contribution in [3.63, 3.8) is 0 Å². The molecular weight excluding hydrogens is 474 g/mol. The van der Waals surface area contributed by atoms with E-state index in [1.807, 2.05) is 45.0 Å². The molecule has 1 fully saturated rings. The fourth-order valence-electron chi connectivity index (χ4n) is 4.56. The zero-order valence-corrected chi connectivity index (χ0v) is 21.5. The van der Waals surface area contributed by atoms with Crippen LogP contribution in [-0.2, 0) is 17.8 Å². The minimum Gasteiger partial charge on any atom is -0.489 e. The smallest absolute Gasteiger partial charge is 0.328 e. The third kappa shape index (κ3) is 5.70. The van der Waals surface area contributed by atoms with Gasteiger partial charge in [-0.3, -0.25) is 19.8 Å². The van der Waals surface area contributed by atoms with Crippen molar-refractivity contribution < 1.29 is 19.1 Å². The van der Waals surface area contributed by atoms with Crippen LogP contribution in [0.2, 0.25) is 0 Å². The minimum atomic E-state index is -0.450. The molecule has 194 valence electrons. The molecule has 11 nitrogen and oxygen atoms in total. The number of rotatable bonds is 7. The molecule has 3 amide bonds. The molecule has 1 N–H and O–H groups in total. The average molecular weight is 506 g/mol. The summed E-state index contributed by atoms with van der Waals surface area (Å²) in [5.41, 5.74) is 2.00. The van der Waals surface area contributed by atoms with Gasteiger partial charge in [-0.15, -0.1) is 0 Å². The summed E-state index contributed by atoms with van der Waals surface area (Å²) >= 11 is 0. The van der Waals surface area contributed by atoms with Gasteiger partial charge in [0.05, 0.1) is 12.3 Å². The monoisotopic (exact) mass is 505 g/mol. The molecule has 0 radical (unpaired) electrons. The molecule has 4 heterocycles. The Morgan fingerprint density at radius 1 is 1.38 bits per heavy atom. The SMILES string of the molecule is CC(C)Oc1cc(NC(=O)N2CCCc3cc(CN4C[C@@H](N(C)C)CC4=O)c(C=O)nc32)ncc1C#N. The predicted molar refractivity (Wildman–Crippen MR) is 137 cm³/mol. The molecule has 0 bridgehead atoms. The number of nitrogens with one attached hydrogen (secondary N) is 1. The van der Waals surface area contributed by atoms with E-state index in [2.05, 4.69) is 15.3 Å². The van der Waals surface area contributed by atoms with Crippen LogP contribution in [0.25, 0.3) is 0 Å². The first-order valence-electron chi connectivity index (χ1n) is 12.3. The summed E-state index contributed by atoms with van der Waals surface area (Å²) in [6, 6.07) is 5.12. The Kier molecular flexibility index (Phi) is 7.69. The number of fused-ring (bicyclic) bond motifs is 1. The Morgan fingerprint density at radius 3 is 2.81 bits per heavy atom. The molecule has 11 heteroatoms. The van der Waals surface area contributed by atoms with Gasteiger partial charge in [0.25, 0.3) is 0 Å². The van der Waals surface area contributed by atoms with E-state index >= 15 is 0 Å². The number of carbonyl (C=O) groups is 3. The van der Waals surface area contributed by atoms with Crippen LogP contribution in [0.15, 0.2) is 18.3 Å². The molecule has 2 aromatic heterocycles. The van der Waals surface area contributed by atoms with E-state index in [1.165, 1.54) is 17.2 Å². The van der Waals surface area contributed by atoms with E-state index in [9.17, 15) is 19.6 Å². The summed E-state index contributed by atoms with van der Waals surface area (Å²) in [6.07, 6.45) is 3.74. The Hall–Kier alpha value is -4.04. The molecule has 2 aliphatic rings. The van der Waals surface area contributed by atoms with E-state index in [1.54, 1.807) is 4.90 Å². The van der Waals surface area contributed by atoms with E-state index in [0.29, 0.717) is 55.9 Å². The average Bonchev–Trinajstić information content (AvgIpc) is 3.23. The van der Waals surface area contributed by atoms with Crippen LogP contribution in [0.4, 0.5) is 16.4 Å². The lowest BCUT2D eigenvalue weighted by Crippen LogP contribution is -2.40. The minimum absolute atomic E-state index is 0.0463. The summed E-state index contributed by atoms with van der Waals surface area (Å²) < 4.78 is 5.68. The maximum Gasteiger partial charge on any atom is 0.328 e. The normalized spacial score (nSPS) is 17.1. The fraction of sp³-hybridized carbons (Fsp3) is 0.462. The molecule has 1 saturated heterocycles. The highest BCUT2D eigenvalue weighted by Gasteiger charge is 2.32. The number of ether oxygens (including phenoxy) is 1. The number of amides is 3. The number of aromatic nitrogens is 2. The first-order chi connectivity index (χ1) is 17.7. The molecule has 4 rings (SSSR count). The summed E-state index contributed by atoms with van der Waals surface area (Å²) in [5.74, 6) is 1.04. The number of urea groups is 1. The Balaban J connectivity index is 1.56. The standard InChI is InChI=1S/C26H31N7O4/c1-16(2)37-22-10-23(28-12-19(22)11-27)30-26(36)33-7-5-6-17-8-18(21(15-34)29-25(17)33)13-32-14-20(31(3)4)9-24(32)35/h8,10,12,15-16,20H,5-7,9,13-14H2,1-4H3,(H,28,30,36)/t20-/m0/s1. The number of aryl methyl sites for hydroxylation is 1. The van der Waals surface area contributed by atoms with Gasteiger partial charge in [0, 0.05) is 43.7 Å². The molecular formula is C26H31N7O4. The second-order valence-corrected chi connectivity index (χ2v) is 9.76. The number of hydrogen-bond donors (Lipinski definition) is 1. The topological polar surface area (TPSA) is 132 Å². The van der Waals surface area contributed by atoms with Crippen molar-refractivity contribution in [2.75, 3.05) is 37.4 Å². The summed E-state index contributed by atoms with van der Waals surface area (Å²) in [4.78, 5) is 51.6. The third-order valence-corrected chi connectivity index (χ3v) is 6.50. The van der Waals surface area contributed by atoms with Gasteiger partial charge >= 0.3 is 6.03 Å². The summed E-state index contributed by atoms with van der Waals surface area (Å²) in [6.45, 7) is 5.00. The third-order valence-electron chi connectivity index (χ3n) is 6.50. The summed E-state index contributed by atoms with van der Waals surface area (Å²) in [7, 11) is 3.90. The molecule has 0 aromatic carbocycles. The zero-order chi connectivity index (χ0) is 26.7. The highest BCUT2D eigenvalue weighted by molar-refractivity contribution is 6.01. The van der Waals surface area contributed by atoms with Gasteiger partial charge in [0.1, 0.15) is 34.7 Å². The number of aldehydes is 1. The number of hydrogen-bond acceptors (Lipinski definition) is 8. The molecule has 0 unspecified atom stereocenters. The van der Waals surface area contributed by atoms with Crippen molar-refractivity contribution >= 4 is 29.9 Å². The van der Waals surface area contributed by atoms with Gasteiger partial charge in [-0.05, 0) is 52.4 Å². The zero-order valence-electron chi connectivity index (χ0n) is 21.5. The van der Waals surface area contributed by atoms with E-state index < -0.39 is 6.03 Å². The van der Waals surface area contributed by atoms with Gasteiger partial charge < -0.3 is 14.5 Å². The Labute approximate surface area is 216 Å². The summed E-state index contributed by atoms with van der Waals surface area (Å²) in [5, 5.41) is 12.1. The Bertz CT molecular complexity index is 1250. The second-order valence-electron chi connectivity index (χ2n) is 9.76. The van der Waals surface area contributed by atoms with Crippen molar-refractivity contribution in [3.8, 4) is 11.8 Å². The van der Waals surface area contributed by atoms with Crippen molar-refractivity contribution in [3.05, 3.63) is 40.7 Å². The maximum absolute atomic E-state index is 13.2. The lowest BCUT2D eigenvalue weighted by atomic mass is 10.0. The van der Waals surface area contributed by atoms with Gasteiger partial charge in [-0.25, -0.2) is 14.8 Å². The molecule has 1 atom stereocenters. The van der Waals surface area contributed by atoms with Gasteiger partial charge in [0.2, 0.25) is 5.91 Å². The quantitative estimate of drug-likeness (QED) is 0.568. The lowest BCUT2D eigenvalue weighted by molar-refractivity contribution is -0.128. The number of anilines is 2. The van der Waals surface area contributed by atoms with Gasteiger partial charge in [-0.2, -0.15) is 5.26 Å². The van der Waals surface area contributed by atoms with E-state index in [4.69, 9.17) is 4.74 Å². The number of likely N-dealkylation sites (tertiary alicyclic amines) is 1. The van der Waals surface area contributed by atoms with Gasteiger partial charge in [-0.1, -0.05) is 0 Å². The molecule has 0 saturated carbocycles. The molecule has 37 heavy (non-hydrogen) atoms. The molecule has 2 aliphatic heterocycles. The number of carbonyl (C=O) groups excluding carboxylic acids is 3. The van der Waals surface area contributed by atoms with Crippen LogP contribution in [0, 0.1) is 11.3 Å². The van der Waals surface area contributed by atoms with Crippen molar-refractivity contribution in [1.29, 1.82) is 5.26 Å². The largest absolute Gasteiger partial charge is 0.489 e. The first kappa shape index (κ1) is 26.0. The number of likely N-dealkylation sites (N-methyl/N-ethyl adjacent to an activating group) is 1. The molecule has 0 spiro atoms. The maximum atomic E-state index is 13.2. The van der Waals surface area contributed by atoms with Crippen LogP contribution in [0.5, 0.6) is 5.75 Å². The predicted octanol–water partition coefficient (Wildman–Crippen LogP) is 2.60. The fourth-order valence-corrected chi connectivity index (χ4v) is 4.56. The van der Waals surface area contributed by atoms with E-state index in [0.717, 1.165) is 12.0 Å². The van der Waals surface area contributed by atoms with Gasteiger partial charge in [0.15, 0.2) is 6.29 Å². The highest BCUT2D eigenvalue weighted by atomic mass is 16.5. The lowest BCUT2D eigenvalue weighted by Gasteiger charge is -2.29. The van der Waals surface area contributed by atoms with Crippen LogP contribution in [0.1, 0.15) is 53.9 Å². The Morgan fingerprint density at radius 2 is 2.16 bits per heavy atom. The molecule has 2 aromatic rings. The van der Waals surface area contributed by atoms with Crippen LogP contribution in [0.3, 0.4) is 0 Å². The number of nitriles is 1. The molecule has 0 aliphatic carbocycles. The van der Waals surface area contributed by atoms with Crippen LogP contribution >= 0.6 is 0 Å². The highest BCUT2D eigenvalue weighted by Crippen LogP contribution is 2.30. The van der Waals surface area contributed by atoms with Crippen molar-refractivity contribution in [2.45, 2.75) is 51.8 Å². The van der Waals surface area contributed by atoms with E-state index in [-0.39, 0.29) is 35.1 Å². The number of nitrogens with zero attached hydrogens (tertiary/aromatic N) is 6. The van der Waals surface area contributed by atoms with Crippen molar-refractivity contribution in [1.82, 2.24) is 19.8 Å². The van der Waals surface area contributed by atoms with Crippen LogP contribution < -0.4 is 15.0 Å². The van der Waals surface area contributed by atoms with Crippen molar-refractivity contribution in [2.24, 2.45) is 0 Å². The first-order valence-corrected chi connectivity index (χ1v) is 12.3. The number of pyridine rings is 2.